The van der Waals surface area contributed by atoms with Crippen LogP contribution in [0.2, 0.25) is 0 Å². The van der Waals surface area contributed by atoms with Crippen LogP contribution in [0.3, 0.4) is 0 Å². The Bertz CT molecular complexity index is 1290. The molecule has 4 aromatic rings. The van der Waals surface area contributed by atoms with Gasteiger partial charge in [0.15, 0.2) is 0 Å². The van der Waals surface area contributed by atoms with Crippen molar-refractivity contribution >= 4 is 0 Å². The van der Waals surface area contributed by atoms with Gasteiger partial charge in [-0.3, -0.25) is 9.80 Å². The van der Waals surface area contributed by atoms with Gasteiger partial charge in [-0.25, -0.2) is 4.98 Å². The quantitative estimate of drug-likeness (QED) is 0.270. The highest BCUT2D eigenvalue weighted by Crippen LogP contribution is 2.38. The van der Waals surface area contributed by atoms with Crippen LogP contribution in [-0.2, 0) is 5.41 Å². The number of aromatic nitrogens is 2. The minimum atomic E-state index is -0.0462. The lowest BCUT2D eigenvalue weighted by molar-refractivity contribution is 0.0594. The summed E-state index contributed by atoms with van der Waals surface area (Å²) in [6.07, 6.45) is 0. The van der Waals surface area contributed by atoms with Crippen molar-refractivity contribution in [1.29, 1.82) is 0 Å². The fourth-order valence-electron chi connectivity index (χ4n) is 6.12. The van der Waals surface area contributed by atoms with E-state index in [9.17, 15) is 0 Å². The molecular formula is C35H44N4. The van der Waals surface area contributed by atoms with Crippen molar-refractivity contribution in [3.63, 3.8) is 0 Å². The molecule has 1 aliphatic rings. The molecule has 1 aliphatic heterocycles. The highest BCUT2D eigenvalue weighted by Gasteiger charge is 2.35. The van der Waals surface area contributed by atoms with Crippen LogP contribution in [0.15, 0.2) is 84.9 Å². The molecule has 4 heteroatoms. The van der Waals surface area contributed by atoms with Gasteiger partial charge in [0.1, 0.15) is 5.82 Å². The van der Waals surface area contributed by atoms with Crippen LogP contribution in [0.25, 0.3) is 11.4 Å². The second-order valence-electron chi connectivity index (χ2n) is 12.4. The molecule has 1 unspecified atom stereocenters. The van der Waals surface area contributed by atoms with Crippen LogP contribution < -0.4 is 0 Å². The summed E-state index contributed by atoms with van der Waals surface area (Å²) in [5, 5.41) is 0. The lowest BCUT2D eigenvalue weighted by Crippen LogP contribution is -2.50. The Morgan fingerprint density at radius 1 is 0.718 bits per heavy atom. The fourth-order valence-corrected chi connectivity index (χ4v) is 6.12. The van der Waals surface area contributed by atoms with E-state index in [-0.39, 0.29) is 11.5 Å². The molecule has 1 fully saturated rings. The number of aryl methyl sites for hydroxylation is 1. The van der Waals surface area contributed by atoms with E-state index in [1.54, 1.807) is 0 Å². The third-order valence-electron chi connectivity index (χ3n) is 8.03. The van der Waals surface area contributed by atoms with E-state index in [1.165, 1.54) is 28.1 Å². The maximum absolute atomic E-state index is 5.21. The summed E-state index contributed by atoms with van der Waals surface area (Å²) >= 11 is 0. The number of aromatic amines is 1. The van der Waals surface area contributed by atoms with Gasteiger partial charge in [0.2, 0.25) is 0 Å². The van der Waals surface area contributed by atoms with E-state index in [2.05, 4.69) is 141 Å². The van der Waals surface area contributed by atoms with Gasteiger partial charge in [0.25, 0.3) is 0 Å². The van der Waals surface area contributed by atoms with Crippen molar-refractivity contribution in [3.05, 3.63) is 113 Å². The number of hydrogen-bond donors (Lipinski definition) is 1. The summed E-state index contributed by atoms with van der Waals surface area (Å²) < 4.78 is 0. The first-order chi connectivity index (χ1) is 18.7. The molecule has 4 nitrogen and oxygen atoms in total. The molecular weight excluding hydrogens is 476 g/mol. The molecule has 1 aromatic heterocycles. The molecule has 5 rings (SSSR count). The summed E-state index contributed by atoms with van der Waals surface area (Å²) in [4.78, 5) is 14.4. The fraction of sp³-hybridized carbons (Fsp3) is 0.400. The maximum atomic E-state index is 5.21. The van der Waals surface area contributed by atoms with Gasteiger partial charge >= 0.3 is 0 Å². The third-order valence-corrected chi connectivity index (χ3v) is 8.03. The van der Waals surface area contributed by atoms with Crippen LogP contribution >= 0.6 is 0 Å². The number of imidazole rings is 1. The summed E-state index contributed by atoms with van der Waals surface area (Å²) in [7, 11) is 0. The minimum Gasteiger partial charge on any atom is -0.340 e. The van der Waals surface area contributed by atoms with E-state index in [4.69, 9.17) is 4.98 Å². The van der Waals surface area contributed by atoms with E-state index < -0.39 is 0 Å². The number of hydrogen-bond acceptors (Lipinski definition) is 3. The zero-order valence-corrected chi connectivity index (χ0v) is 24.5. The molecule has 39 heavy (non-hydrogen) atoms. The Hall–Kier alpha value is -3.21. The largest absolute Gasteiger partial charge is 0.340 e. The Morgan fingerprint density at radius 3 is 1.72 bits per heavy atom. The number of rotatable bonds is 7. The van der Waals surface area contributed by atoms with E-state index in [0.717, 1.165) is 37.6 Å². The molecule has 0 aliphatic carbocycles. The van der Waals surface area contributed by atoms with Crippen molar-refractivity contribution in [3.8, 4) is 11.4 Å². The van der Waals surface area contributed by atoms with Gasteiger partial charge in [-0.2, -0.15) is 0 Å². The predicted octanol–water partition coefficient (Wildman–Crippen LogP) is 7.79. The van der Waals surface area contributed by atoms with Crippen LogP contribution in [0.4, 0.5) is 0 Å². The summed E-state index contributed by atoms with van der Waals surface area (Å²) in [5.41, 5.74) is 7.57. The molecule has 0 saturated carbocycles. The molecule has 3 aromatic carbocycles. The van der Waals surface area contributed by atoms with Crippen molar-refractivity contribution in [1.82, 2.24) is 19.8 Å². The molecule has 1 N–H and O–H groups in total. The van der Waals surface area contributed by atoms with E-state index in [0.29, 0.717) is 12.0 Å². The SMILES string of the molecule is Cc1ccc(-c2nc(C(C)(C)C)c(C(C(C)C)N3CCN(C(c4ccccc4)c4ccccc4)CC3)[nH]2)cc1. The molecule has 1 saturated heterocycles. The number of piperazine rings is 1. The molecule has 1 atom stereocenters. The lowest BCUT2D eigenvalue weighted by Gasteiger charge is -2.44. The van der Waals surface area contributed by atoms with E-state index >= 15 is 0 Å². The smallest absolute Gasteiger partial charge is 0.137 e. The van der Waals surface area contributed by atoms with Crippen LogP contribution in [0, 0.1) is 12.8 Å². The number of nitrogens with zero attached hydrogens (tertiary/aromatic N) is 3. The lowest BCUT2D eigenvalue weighted by atomic mass is 9.86. The molecule has 2 heterocycles. The summed E-state index contributed by atoms with van der Waals surface area (Å²) in [5.74, 6) is 1.44. The first-order valence-electron chi connectivity index (χ1n) is 14.5. The zero-order valence-electron chi connectivity index (χ0n) is 24.5. The zero-order chi connectivity index (χ0) is 27.6. The summed E-state index contributed by atoms with van der Waals surface area (Å²) in [6, 6.07) is 31.2. The average Bonchev–Trinajstić information content (AvgIpc) is 3.37. The van der Waals surface area contributed by atoms with Crippen molar-refractivity contribution < 1.29 is 0 Å². The van der Waals surface area contributed by atoms with Gasteiger partial charge in [-0.05, 0) is 24.0 Å². The minimum absolute atomic E-state index is 0.0462. The second-order valence-corrected chi connectivity index (χ2v) is 12.4. The average molecular weight is 521 g/mol. The highest BCUT2D eigenvalue weighted by atomic mass is 15.3. The van der Waals surface area contributed by atoms with Crippen molar-refractivity contribution in [2.24, 2.45) is 5.92 Å². The molecule has 0 radical (unpaired) electrons. The Kier molecular flexibility index (Phi) is 8.06. The first kappa shape index (κ1) is 27.4. The molecule has 0 spiro atoms. The van der Waals surface area contributed by atoms with Gasteiger partial charge in [0, 0.05) is 37.2 Å². The number of H-pyrrole nitrogens is 1. The number of nitrogens with one attached hydrogen (secondary N) is 1. The topological polar surface area (TPSA) is 35.2 Å². The Morgan fingerprint density at radius 2 is 1.23 bits per heavy atom. The maximum Gasteiger partial charge on any atom is 0.137 e. The van der Waals surface area contributed by atoms with Crippen LogP contribution in [0.5, 0.6) is 0 Å². The Labute approximate surface area is 235 Å². The van der Waals surface area contributed by atoms with E-state index in [1.807, 2.05) is 0 Å². The van der Waals surface area contributed by atoms with Crippen LogP contribution in [0.1, 0.15) is 74.8 Å². The Balaban J connectivity index is 1.43. The third kappa shape index (κ3) is 6.03. The highest BCUT2D eigenvalue weighted by molar-refractivity contribution is 5.57. The monoisotopic (exact) mass is 520 g/mol. The van der Waals surface area contributed by atoms with Gasteiger partial charge in [-0.1, -0.05) is 125 Å². The van der Waals surface area contributed by atoms with Crippen molar-refractivity contribution in [2.45, 2.75) is 59.0 Å². The van der Waals surface area contributed by atoms with Crippen molar-refractivity contribution in [2.75, 3.05) is 26.2 Å². The standard InChI is InChI=1S/C35H44N4/c1-25(2)31(30-33(35(4,5)6)37-34(36-30)29-19-17-26(3)18-20-29)38-21-23-39(24-22-38)32(27-13-9-7-10-14-27)28-15-11-8-12-16-28/h7-20,25,31-32H,21-24H2,1-6H3,(H,36,37). The van der Waals surface area contributed by atoms with Gasteiger partial charge < -0.3 is 4.98 Å². The van der Waals surface area contributed by atoms with Gasteiger partial charge in [-0.15, -0.1) is 0 Å². The molecule has 0 bridgehead atoms. The molecule has 0 amide bonds. The summed E-state index contributed by atoms with van der Waals surface area (Å²) in [6.45, 7) is 17.8. The molecule has 204 valence electrons. The van der Waals surface area contributed by atoms with Gasteiger partial charge in [0.05, 0.1) is 23.5 Å². The number of benzene rings is 3. The second kappa shape index (κ2) is 11.5. The normalized spacial score (nSPS) is 16.2. The van der Waals surface area contributed by atoms with Crippen LogP contribution in [-0.4, -0.2) is 45.9 Å². The first-order valence-corrected chi connectivity index (χ1v) is 14.5. The predicted molar refractivity (Wildman–Crippen MR) is 163 cm³/mol.